The molecule has 0 atom stereocenters. The second-order valence-corrected chi connectivity index (χ2v) is 9.14. The molecule has 0 unspecified atom stereocenters. The molecule has 0 saturated heterocycles. The van der Waals surface area contributed by atoms with Crippen LogP contribution in [-0.4, -0.2) is 25.4 Å². The minimum atomic E-state index is -3.78. The van der Waals surface area contributed by atoms with Gasteiger partial charge in [-0.25, -0.2) is 13.4 Å². The molecule has 2 aromatic carbocycles. The van der Waals surface area contributed by atoms with Gasteiger partial charge in [-0.3, -0.25) is 9.52 Å². The fourth-order valence-electron chi connectivity index (χ4n) is 2.93. The van der Waals surface area contributed by atoms with Gasteiger partial charge in [-0.2, -0.15) is 0 Å². The highest BCUT2D eigenvalue weighted by atomic mass is 32.2. The van der Waals surface area contributed by atoms with Crippen molar-refractivity contribution in [2.75, 3.05) is 4.72 Å². The van der Waals surface area contributed by atoms with Crippen molar-refractivity contribution >= 4 is 21.6 Å². The Morgan fingerprint density at radius 3 is 2.55 bits per heavy atom. The minimum absolute atomic E-state index is 0.0385. The van der Waals surface area contributed by atoms with Crippen LogP contribution in [0.4, 0.5) is 5.69 Å². The summed E-state index contributed by atoms with van der Waals surface area (Å²) < 4.78 is 34.1. The summed E-state index contributed by atoms with van der Waals surface area (Å²) >= 11 is 0. The average molecular weight is 440 g/mol. The molecule has 3 aromatic rings. The molecule has 2 N–H and O–H groups in total. The van der Waals surface area contributed by atoms with Crippen LogP contribution >= 0.6 is 0 Å². The summed E-state index contributed by atoms with van der Waals surface area (Å²) in [6.45, 7) is 7.31. The Morgan fingerprint density at radius 1 is 1.03 bits per heavy atom. The van der Waals surface area contributed by atoms with Gasteiger partial charge in [0.05, 0.1) is 10.6 Å². The Balaban J connectivity index is 1.85. The first-order valence-electron chi connectivity index (χ1n) is 9.79. The number of anilines is 1. The van der Waals surface area contributed by atoms with Gasteiger partial charge >= 0.3 is 0 Å². The lowest BCUT2D eigenvalue weighted by Gasteiger charge is -2.14. The predicted octanol–water partition coefficient (Wildman–Crippen LogP) is 4.43. The number of aryl methyl sites for hydroxylation is 2. The molecule has 31 heavy (non-hydrogen) atoms. The average Bonchev–Trinajstić information content (AvgIpc) is 2.69. The fraction of sp³-hybridized carbons (Fsp3) is 0.217. The van der Waals surface area contributed by atoms with Crippen LogP contribution in [0.5, 0.6) is 11.6 Å². The molecule has 1 amide bonds. The number of rotatable bonds is 7. The Morgan fingerprint density at radius 2 is 1.81 bits per heavy atom. The van der Waals surface area contributed by atoms with Gasteiger partial charge in [-0.05, 0) is 69.2 Å². The SMILES string of the molecule is Cc1ccc(C)c(S(=O)(=O)Nc2cccc(Oc3ncccc3C(=O)NC(C)C)c2)c1. The van der Waals surface area contributed by atoms with E-state index in [2.05, 4.69) is 15.0 Å². The third-order valence-electron chi connectivity index (χ3n) is 4.37. The van der Waals surface area contributed by atoms with Crippen LogP contribution in [-0.2, 0) is 10.0 Å². The zero-order valence-electron chi connectivity index (χ0n) is 17.8. The van der Waals surface area contributed by atoms with Gasteiger partial charge in [0.2, 0.25) is 5.88 Å². The number of sulfonamides is 1. The highest BCUT2D eigenvalue weighted by molar-refractivity contribution is 7.92. The maximum atomic E-state index is 12.9. The summed E-state index contributed by atoms with van der Waals surface area (Å²) in [6.07, 6.45) is 1.52. The van der Waals surface area contributed by atoms with Gasteiger partial charge in [0, 0.05) is 18.3 Å². The van der Waals surface area contributed by atoms with E-state index < -0.39 is 10.0 Å². The Labute approximate surface area is 182 Å². The minimum Gasteiger partial charge on any atom is -0.438 e. The lowest BCUT2D eigenvalue weighted by atomic mass is 10.2. The predicted molar refractivity (Wildman–Crippen MR) is 120 cm³/mol. The molecule has 1 aromatic heterocycles. The summed E-state index contributed by atoms with van der Waals surface area (Å²) in [5.41, 5.74) is 2.13. The molecule has 0 spiro atoms. The maximum absolute atomic E-state index is 12.9. The Hall–Kier alpha value is -3.39. The molecule has 0 aliphatic carbocycles. The van der Waals surface area contributed by atoms with E-state index in [1.54, 1.807) is 55.5 Å². The van der Waals surface area contributed by atoms with Gasteiger partial charge in [0.25, 0.3) is 15.9 Å². The molecule has 3 rings (SSSR count). The molecule has 0 fully saturated rings. The van der Waals surface area contributed by atoms with E-state index in [4.69, 9.17) is 4.74 Å². The van der Waals surface area contributed by atoms with Crippen LogP contribution in [0.25, 0.3) is 0 Å². The van der Waals surface area contributed by atoms with E-state index >= 15 is 0 Å². The molecule has 0 saturated carbocycles. The number of carbonyl (C=O) groups is 1. The molecule has 0 aliphatic heterocycles. The highest BCUT2D eigenvalue weighted by Crippen LogP contribution is 2.27. The monoisotopic (exact) mass is 439 g/mol. The number of hydrogen-bond acceptors (Lipinski definition) is 5. The number of pyridine rings is 1. The Bertz CT molecular complexity index is 1210. The molecule has 162 valence electrons. The van der Waals surface area contributed by atoms with E-state index in [-0.39, 0.29) is 28.3 Å². The van der Waals surface area contributed by atoms with Crippen molar-refractivity contribution < 1.29 is 17.9 Å². The molecule has 1 heterocycles. The van der Waals surface area contributed by atoms with Gasteiger partial charge in [-0.1, -0.05) is 18.2 Å². The standard InChI is InChI=1S/C23H25N3O4S/c1-15(2)25-22(27)20-9-6-12-24-23(20)30-19-8-5-7-18(14-19)26-31(28,29)21-13-16(3)10-11-17(21)4/h5-15,26H,1-4H3,(H,25,27). The number of benzene rings is 2. The van der Waals surface area contributed by atoms with Crippen LogP contribution in [0.3, 0.4) is 0 Å². The first kappa shape index (κ1) is 22.3. The maximum Gasteiger partial charge on any atom is 0.262 e. The third-order valence-corrected chi connectivity index (χ3v) is 5.89. The van der Waals surface area contributed by atoms with Crippen LogP contribution in [0.2, 0.25) is 0 Å². The van der Waals surface area contributed by atoms with E-state index in [0.717, 1.165) is 5.56 Å². The number of ether oxygens (including phenoxy) is 1. The number of amides is 1. The first-order valence-corrected chi connectivity index (χ1v) is 11.3. The van der Waals surface area contributed by atoms with Gasteiger partial charge in [0.15, 0.2) is 0 Å². The quantitative estimate of drug-likeness (QED) is 0.568. The number of nitrogens with one attached hydrogen (secondary N) is 2. The largest absolute Gasteiger partial charge is 0.438 e. The second-order valence-electron chi connectivity index (χ2n) is 7.49. The van der Waals surface area contributed by atoms with Crippen molar-refractivity contribution in [3.63, 3.8) is 0 Å². The van der Waals surface area contributed by atoms with Crippen molar-refractivity contribution in [2.24, 2.45) is 0 Å². The van der Waals surface area contributed by atoms with E-state index in [1.165, 1.54) is 6.20 Å². The summed E-state index contributed by atoms with van der Waals surface area (Å²) in [7, 11) is -3.78. The fourth-order valence-corrected chi connectivity index (χ4v) is 4.31. The van der Waals surface area contributed by atoms with E-state index in [0.29, 0.717) is 17.0 Å². The van der Waals surface area contributed by atoms with Crippen molar-refractivity contribution in [1.29, 1.82) is 0 Å². The molecule has 0 aliphatic rings. The number of nitrogens with zero attached hydrogens (tertiary/aromatic N) is 1. The molecular formula is C23H25N3O4S. The smallest absolute Gasteiger partial charge is 0.262 e. The lowest BCUT2D eigenvalue weighted by Crippen LogP contribution is -2.30. The molecule has 8 heteroatoms. The van der Waals surface area contributed by atoms with E-state index in [1.807, 2.05) is 26.8 Å². The normalized spacial score (nSPS) is 11.3. The number of hydrogen-bond donors (Lipinski definition) is 2. The van der Waals surface area contributed by atoms with Crippen LogP contribution < -0.4 is 14.8 Å². The molecular weight excluding hydrogens is 414 g/mol. The Kier molecular flexibility index (Phi) is 6.60. The van der Waals surface area contributed by atoms with Crippen molar-refractivity contribution in [2.45, 2.75) is 38.6 Å². The van der Waals surface area contributed by atoms with Crippen molar-refractivity contribution in [1.82, 2.24) is 10.3 Å². The van der Waals surface area contributed by atoms with Crippen molar-refractivity contribution in [3.8, 4) is 11.6 Å². The lowest BCUT2D eigenvalue weighted by molar-refractivity contribution is 0.0940. The number of carbonyl (C=O) groups excluding carboxylic acids is 1. The van der Waals surface area contributed by atoms with Gasteiger partial charge in [-0.15, -0.1) is 0 Å². The van der Waals surface area contributed by atoms with Crippen LogP contribution in [0, 0.1) is 13.8 Å². The summed E-state index contributed by atoms with van der Waals surface area (Å²) in [5, 5.41) is 2.81. The second kappa shape index (κ2) is 9.18. The number of aromatic nitrogens is 1. The van der Waals surface area contributed by atoms with Crippen LogP contribution in [0.1, 0.15) is 35.3 Å². The zero-order valence-corrected chi connectivity index (χ0v) is 18.7. The molecule has 0 radical (unpaired) electrons. The van der Waals surface area contributed by atoms with Gasteiger partial charge < -0.3 is 10.1 Å². The van der Waals surface area contributed by atoms with Crippen molar-refractivity contribution in [3.05, 3.63) is 77.5 Å². The summed E-state index contributed by atoms with van der Waals surface area (Å²) in [6, 6.07) is 15.0. The first-order chi connectivity index (χ1) is 14.7. The zero-order chi connectivity index (χ0) is 22.6. The highest BCUT2D eigenvalue weighted by Gasteiger charge is 2.18. The third kappa shape index (κ3) is 5.61. The van der Waals surface area contributed by atoms with Crippen LogP contribution in [0.15, 0.2) is 65.7 Å². The topological polar surface area (TPSA) is 97.4 Å². The molecule has 0 bridgehead atoms. The van der Waals surface area contributed by atoms with Gasteiger partial charge in [0.1, 0.15) is 11.3 Å². The summed E-state index contributed by atoms with van der Waals surface area (Å²) in [4.78, 5) is 16.8. The molecule has 7 nitrogen and oxygen atoms in total. The van der Waals surface area contributed by atoms with E-state index in [9.17, 15) is 13.2 Å². The summed E-state index contributed by atoms with van der Waals surface area (Å²) in [5.74, 6) is 0.179.